The molecule has 0 radical (unpaired) electrons. The maximum absolute atomic E-state index is 8.23. The largest absolute Gasteiger partial charge is 0.509 e. The topological polar surface area (TPSA) is 46.7 Å². The second kappa shape index (κ2) is 12.2. The maximum atomic E-state index is 8.23. The van der Waals surface area contributed by atoms with Gasteiger partial charge in [0.05, 0.1) is 0 Å². The van der Waals surface area contributed by atoms with E-state index in [-0.39, 0.29) is 21.1 Å². The van der Waals surface area contributed by atoms with Crippen LogP contribution >= 0.6 is 0 Å². The summed E-state index contributed by atoms with van der Waals surface area (Å²) in [7, 11) is 0. The molecule has 51 heavy (non-hydrogen) atoms. The molecule has 9 aromatic rings. The normalized spacial score (nSPS) is 13.7. The average molecular weight is 844 g/mol. The summed E-state index contributed by atoms with van der Waals surface area (Å²) in [5.74, 6) is 1.66. The van der Waals surface area contributed by atoms with Gasteiger partial charge < -0.3 is 23.5 Å². The van der Waals surface area contributed by atoms with Gasteiger partial charge in [0.2, 0.25) is 0 Å². The van der Waals surface area contributed by atoms with Crippen molar-refractivity contribution in [2.75, 3.05) is 16.8 Å². The third-order valence-corrected chi connectivity index (χ3v) is 9.35. The fourth-order valence-electron chi connectivity index (χ4n) is 6.98. The van der Waals surface area contributed by atoms with Crippen molar-refractivity contribution in [1.29, 1.82) is 0 Å². The number of nitrogens with zero attached hydrogens (tertiary/aromatic N) is 4. The first-order valence-corrected chi connectivity index (χ1v) is 16.4. The van der Waals surface area contributed by atoms with Crippen LogP contribution < -0.4 is 14.5 Å². The number of para-hydroxylation sites is 1. The van der Waals surface area contributed by atoms with E-state index in [1.165, 1.54) is 4.90 Å². The molecule has 1 aliphatic heterocycles. The molecule has 3 aromatic heterocycles. The van der Waals surface area contributed by atoms with Gasteiger partial charge >= 0.3 is 0 Å². The van der Waals surface area contributed by atoms with E-state index in [9.17, 15) is 0 Å². The molecule has 0 saturated heterocycles. The molecule has 250 valence electrons. The molecular weight excluding hydrogens is 812 g/mol. The first-order valence-electron chi connectivity index (χ1n) is 17.9. The van der Waals surface area contributed by atoms with Crippen LogP contribution in [0.5, 0.6) is 11.5 Å². The van der Waals surface area contributed by atoms with E-state index >= 15 is 0 Å². The van der Waals surface area contributed by atoms with Crippen molar-refractivity contribution in [3.8, 4) is 28.4 Å². The molecule has 6 nitrogen and oxygen atoms in total. The Bertz CT molecular complexity index is 2890. The zero-order valence-electron chi connectivity index (χ0n) is 30.2. The van der Waals surface area contributed by atoms with Crippen molar-refractivity contribution in [3.63, 3.8) is 0 Å². The van der Waals surface area contributed by atoms with Crippen LogP contribution in [0.2, 0.25) is 0 Å². The van der Waals surface area contributed by atoms with Gasteiger partial charge in [-0.1, -0.05) is 72.2 Å². The molecule has 0 bridgehead atoms. The number of furan rings is 1. The predicted molar refractivity (Wildman–Crippen MR) is 201 cm³/mol. The molecule has 4 heterocycles. The van der Waals surface area contributed by atoms with Crippen LogP contribution in [-0.4, -0.2) is 16.5 Å². The molecule has 0 amide bonds. The van der Waals surface area contributed by atoms with E-state index in [0.29, 0.717) is 28.7 Å². The summed E-state index contributed by atoms with van der Waals surface area (Å²) in [6, 6.07) is 48.6. The fraction of sp³-hybridized carbons (Fsp3) is 0.0455. The van der Waals surface area contributed by atoms with Crippen LogP contribution in [0.25, 0.3) is 60.7 Å². The molecule has 0 unspecified atom stereocenters. The standard InChI is InChI=1S/C44H29N4O2.Pt/c1-28-15-18-36-37-26-45-44(25-43(37)50-42(36)21-28)48-38-14-7-6-13-34(38)35-19-17-33(24-40(35)48)49-32-12-8-11-31(23-32)47-27-46(2)39-20-16-30(22-41(39)47)29-9-4-3-5-10-29;/h3-22,25-27H,1-2H3;/q-3;/i2D3;. The van der Waals surface area contributed by atoms with Crippen molar-refractivity contribution < 1.29 is 34.3 Å². The minimum Gasteiger partial charge on any atom is -0.509 e. The maximum Gasteiger partial charge on any atom is 0.140 e. The molecule has 1 aliphatic rings. The molecule has 0 atom stereocenters. The Morgan fingerprint density at radius 1 is 0.706 bits per heavy atom. The molecule has 10 rings (SSSR count). The van der Waals surface area contributed by atoms with Crippen LogP contribution in [0.15, 0.2) is 138 Å². The number of rotatable bonds is 5. The van der Waals surface area contributed by atoms with Gasteiger partial charge in [-0.3, -0.25) is 0 Å². The van der Waals surface area contributed by atoms with Gasteiger partial charge in [-0.25, -0.2) is 4.98 Å². The number of pyridine rings is 1. The van der Waals surface area contributed by atoms with Crippen LogP contribution in [0.4, 0.5) is 17.1 Å². The summed E-state index contributed by atoms with van der Waals surface area (Å²) in [5.41, 5.74) is 8.48. The van der Waals surface area contributed by atoms with Crippen LogP contribution in [0.3, 0.4) is 0 Å². The molecule has 7 heteroatoms. The Hall–Kier alpha value is -5.84. The Morgan fingerprint density at radius 3 is 2.43 bits per heavy atom. The zero-order valence-corrected chi connectivity index (χ0v) is 29.5. The number of anilines is 3. The van der Waals surface area contributed by atoms with E-state index in [1.807, 2.05) is 114 Å². The minimum absolute atomic E-state index is 0. The number of hydrogen-bond acceptors (Lipinski definition) is 5. The minimum atomic E-state index is -2.38. The molecule has 0 spiro atoms. The second-order valence-corrected chi connectivity index (χ2v) is 12.5. The summed E-state index contributed by atoms with van der Waals surface area (Å²) in [6.45, 7) is 1.28. The van der Waals surface area contributed by atoms with E-state index in [2.05, 4.69) is 47.9 Å². The van der Waals surface area contributed by atoms with Crippen molar-refractivity contribution >= 4 is 60.8 Å². The van der Waals surface area contributed by atoms with Crippen molar-refractivity contribution in [2.24, 2.45) is 0 Å². The van der Waals surface area contributed by atoms with Crippen molar-refractivity contribution in [2.45, 2.75) is 6.92 Å². The zero-order chi connectivity index (χ0) is 35.8. The SMILES string of the molecule is [2H]C([2H])([2H])N1[CH-]N(c2[c-]c(Oc3[c-]c4c(cc3)c3ccccc3n4-c3cc4oc5cc(C)ccc5c4cn3)ccc2)c2cc(-c3ccccc3)ccc21.[Pt]. The van der Waals surface area contributed by atoms with Crippen molar-refractivity contribution in [3.05, 3.63) is 158 Å². The smallest absolute Gasteiger partial charge is 0.140 e. The third-order valence-electron chi connectivity index (χ3n) is 9.35. The number of ether oxygens (including phenoxy) is 1. The fourth-order valence-corrected chi connectivity index (χ4v) is 6.98. The van der Waals surface area contributed by atoms with Crippen LogP contribution in [0.1, 0.15) is 9.68 Å². The van der Waals surface area contributed by atoms with Crippen LogP contribution in [0, 0.1) is 25.7 Å². The Labute approximate surface area is 313 Å². The van der Waals surface area contributed by atoms with Gasteiger partial charge in [0.25, 0.3) is 0 Å². The summed E-state index contributed by atoms with van der Waals surface area (Å²) < 4.78 is 39.5. The number of hydrogen-bond donors (Lipinski definition) is 0. The first-order chi connectivity index (χ1) is 25.8. The predicted octanol–water partition coefficient (Wildman–Crippen LogP) is 11.2. The van der Waals surface area contributed by atoms with E-state index in [1.54, 1.807) is 6.67 Å². The van der Waals surface area contributed by atoms with Gasteiger partial charge in [-0.05, 0) is 60.2 Å². The quantitative estimate of drug-likeness (QED) is 0.162. The Kier molecular flexibility index (Phi) is 6.67. The summed E-state index contributed by atoms with van der Waals surface area (Å²) in [6.07, 6.45) is 1.87. The summed E-state index contributed by atoms with van der Waals surface area (Å²) in [5, 5.41) is 4.07. The van der Waals surface area contributed by atoms with Gasteiger partial charge in [-0.2, -0.15) is 18.8 Å². The van der Waals surface area contributed by atoms with Gasteiger partial charge in [0.15, 0.2) is 0 Å². The number of aromatic nitrogens is 2. The number of aryl methyl sites for hydroxylation is 1. The molecular formula is C44H29N4O2Pt-3. The first kappa shape index (κ1) is 27.9. The van der Waals surface area contributed by atoms with Gasteiger partial charge in [-0.15, -0.1) is 41.4 Å². The van der Waals surface area contributed by atoms with Gasteiger partial charge in [0.1, 0.15) is 17.0 Å². The van der Waals surface area contributed by atoms with Gasteiger partial charge in [0, 0.05) is 76.6 Å². The van der Waals surface area contributed by atoms with Crippen LogP contribution in [-0.2, 0) is 21.1 Å². The molecule has 6 aromatic carbocycles. The van der Waals surface area contributed by atoms with E-state index in [4.69, 9.17) is 18.3 Å². The third kappa shape index (κ3) is 5.17. The summed E-state index contributed by atoms with van der Waals surface area (Å²) in [4.78, 5) is 8.07. The monoisotopic (exact) mass is 843 g/mol. The molecule has 0 fully saturated rings. The molecule has 0 N–H and O–H groups in total. The van der Waals surface area contributed by atoms with Crippen molar-refractivity contribution in [1.82, 2.24) is 9.55 Å². The van der Waals surface area contributed by atoms with E-state index in [0.717, 1.165) is 66.1 Å². The second-order valence-electron chi connectivity index (χ2n) is 12.5. The molecule has 0 aliphatic carbocycles. The number of benzene rings is 6. The van der Waals surface area contributed by atoms with E-state index < -0.39 is 6.98 Å². The average Bonchev–Trinajstić information content (AvgIpc) is 3.84. The number of fused-ring (bicyclic) bond motifs is 7. The Morgan fingerprint density at radius 2 is 1.53 bits per heavy atom. The molecule has 0 saturated carbocycles. The summed E-state index contributed by atoms with van der Waals surface area (Å²) >= 11 is 0. The Balaban J connectivity index is 0.00000384.